The summed E-state index contributed by atoms with van der Waals surface area (Å²) >= 11 is 10.9. The largest absolute Gasteiger partial charge is 2.00 e. The van der Waals surface area contributed by atoms with E-state index in [0.717, 1.165) is 12.8 Å². The molecule has 0 saturated carbocycles. The normalized spacial score (nSPS) is 16.8. The Hall–Kier alpha value is 0.471. The summed E-state index contributed by atoms with van der Waals surface area (Å²) in [7, 11) is 0. The van der Waals surface area contributed by atoms with Gasteiger partial charge in [-0.2, -0.15) is 11.1 Å². The van der Waals surface area contributed by atoms with E-state index in [1.807, 2.05) is 13.1 Å². The maximum Gasteiger partial charge on any atom is 2.00 e. The average Bonchev–Trinajstić information content (AvgIpc) is 2.95. The summed E-state index contributed by atoms with van der Waals surface area (Å²) in [6.45, 7) is 19.8. The van der Waals surface area contributed by atoms with Crippen molar-refractivity contribution in [2.75, 3.05) is 0 Å². The van der Waals surface area contributed by atoms with Crippen LogP contribution in [0.4, 0.5) is 0 Å². The molecule has 26 heavy (non-hydrogen) atoms. The molecule has 2 aliphatic rings. The van der Waals surface area contributed by atoms with Crippen molar-refractivity contribution in [1.29, 1.82) is 0 Å². The van der Waals surface area contributed by atoms with Gasteiger partial charge in [-0.05, 0) is 23.9 Å². The van der Waals surface area contributed by atoms with Crippen LogP contribution in [0.1, 0.15) is 68.2 Å². The van der Waals surface area contributed by atoms with E-state index in [0.29, 0.717) is 10.8 Å². The Labute approximate surface area is 188 Å². The van der Waals surface area contributed by atoms with Gasteiger partial charge in [0.2, 0.25) is 6.69 Å². The zero-order chi connectivity index (χ0) is 20.1. The van der Waals surface area contributed by atoms with Crippen molar-refractivity contribution in [3.8, 4) is 0 Å². The average molecular weight is 447 g/mol. The van der Waals surface area contributed by atoms with Gasteiger partial charge in [0.1, 0.15) is 0 Å². The van der Waals surface area contributed by atoms with Gasteiger partial charge in [-0.1, -0.05) is 55.4 Å². The summed E-state index contributed by atoms with van der Waals surface area (Å²) in [5.74, 6) is 0. The van der Waals surface area contributed by atoms with Gasteiger partial charge in [0.15, 0.2) is 0 Å². The molecular formula is C22H36Cl2SiTi. The fourth-order valence-electron chi connectivity index (χ4n) is 2.16. The van der Waals surface area contributed by atoms with Crippen molar-refractivity contribution in [3.63, 3.8) is 0 Å². The summed E-state index contributed by atoms with van der Waals surface area (Å²) in [4.78, 5) is 0. The van der Waals surface area contributed by atoms with E-state index in [1.165, 1.54) is 22.3 Å². The summed E-state index contributed by atoms with van der Waals surface area (Å²) < 4.78 is 0. The summed E-state index contributed by atoms with van der Waals surface area (Å²) in [6.07, 6.45) is 13.2. The quantitative estimate of drug-likeness (QED) is 0.199. The van der Waals surface area contributed by atoms with E-state index >= 15 is 0 Å². The van der Waals surface area contributed by atoms with Crippen LogP contribution < -0.4 is 0 Å². The zero-order valence-corrected chi connectivity index (χ0v) is 22.4. The van der Waals surface area contributed by atoms with Crippen LogP contribution in [0.2, 0.25) is 13.1 Å². The second-order valence-electron chi connectivity index (χ2n) is 9.24. The fraction of sp³-hybridized carbons (Fsp3) is 0.636. The van der Waals surface area contributed by atoms with Crippen LogP contribution in [0, 0.1) is 23.0 Å². The molecule has 4 heteroatoms. The molecule has 0 unspecified atom stereocenters. The summed E-state index contributed by atoms with van der Waals surface area (Å²) in [6, 6.07) is 0. The Morgan fingerprint density at radius 3 is 1.08 bits per heavy atom. The molecule has 0 spiro atoms. The molecular weight excluding hydrogens is 411 g/mol. The molecule has 146 valence electrons. The van der Waals surface area contributed by atoms with Gasteiger partial charge in [-0.3, -0.25) is 12.2 Å². The van der Waals surface area contributed by atoms with Crippen LogP contribution >= 0.6 is 22.2 Å². The predicted molar refractivity (Wildman–Crippen MR) is 118 cm³/mol. The van der Waals surface area contributed by atoms with Gasteiger partial charge < -0.3 is 0 Å². The fourth-order valence-corrected chi connectivity index (χ4v) is 2.16. The Balaban J connectivity index is 0. The first-order valence-electron chi connectivity index (χ1n) is 8.95. The maximum atomic E-state index is 5.43. The minimum Gasteiger partial charge on any atom is -0.269 e. The van der Waals surface area contributed by atoms with Crippen molar-refractivity contribution in [3.05, 3.63) is 46.6 Å². The number of halogens is 2. The molecule has 0 heterocycles. The summed E-state index contributed by atoms with van der Waals surface area (Å²) in [5, 5.41) is 0. The van der Waals surface area contributed by atoms with Crippen LogP contribution in [-0.2, 0) is 21.7 Å². The first-order chi connectivity index (χ1) is 11.0. The van der Waals surface area contributed by atoms with E-state index < -0.39 is 6.69 Å². The van der Waals surface area contributed by atoms with E-state index in [-0.39, 0.29) is 21.7 Å². The summed E-state index contributed by atoms with van der Waals surface area (Å²) in [5.41, 5.74) is 6.28. The molecule has 0 aromatic heterocycles. The molecule has 0 aromatic rings. The molecule has 2 aliphatic carbocycles. The molecule has 0 aromatic carbocycles. The SMILES string of the molecule is CC1=[C-]CC(C(C)(C)C)=C1.CC1=[C-]CC(C(C)(C)C)=C1.C[Si](C)(Cl)Cl.[Ti+2]. The Kier molecular flexibility index (Phi) is 12.6. The van der Waals surface area contributed by atoms with Crippen LogP contribution in [0.15, 0.2) is 34.4 Å². The van der Waals surface area contributed by atoms with Crippen LogP contribution in [0.3, 0.4) is 0 Å². The standard InChI is InChI=1S/2C10H15.C2H6Cl2Si.Ti/c2*1-8-5-6-9(7-8)10(2,3)4;1-5(2,3)4;/h2*7H,6H2,1-4H3;1-2H3;/q2*-1;;+2. The third-order valence-electron chi connectivity index (χ3n) is 3.82. The number of hydrogen-bond acceptors (Lipinski definition) is 0. The van der Waals surface area contributed by atoms with Crippen molar-refractivity contribution in [1.82, 2.24) is 0 Å². The van der Waals surface area contributed by atoms with Gasteiger partial charge >= 0.3 is 21.7 Å². The molecule has 0 atom stereocenters. The molecule has 0 N–H and O–H groups in total. The smallest absolute Gasteiger partial charge is 0.269 e. The first-order valence-corrected chi connectivity index (χ1v) is 14.0. The third-order valence-corrected chi connectivity index (χ3v) is 3.82. The Morgan fingerprint density at radius 1 is 0.769 bits per heavy atom. The van der Waals surface area contributed by atoms with E-state index in [4.69, 9.17) is 22.2 Å². The van der Waals surface area contributed by atoms with Crippen molar-refractivity contribution in [2.45, 2.75) is 81.3 Å². The van der Waals surface area contributed by atoms with Gasteiger partial charge in [0, 0.05) is 0 Å². The topological polar surface area (TPSA) is 0 Å². The third kappa shape index (κ3) is 14.5. The molecule has 0 nitrogen and oxygen atoms in total. The van der Waals surface area contributed by atoms with Gasteiger partial charge in [-0.25, -0.2) is 23.3 Å². The van der Waals surface area contributed by atoms with Crippen LogP contribution in [-0.4, -0.2) is 6.69 Å². The molecule has 0 radical (unpaired) electrons. The maximum absolute atomic E-state index is 5.43. The minimum atomic E-state index is -1.67. The Bertz CT molecular complexity index is 510. The van der Waals surface area contributed by atoms with Crippen molar-refractivity contribution < 1.29 is 21.7 Å². The molecule has 0 amide bonds. The minimum absolute atomic E-state index is 0. The van der Waals surface area contributed by atoms with Gasteiger partial charge in [-0.15, -0.1) is 35.0 Å². The number of hydrogen-bond donors (Lipinski definition) is 0. The van der Waals surface area contributed by atoms with Gasteiger partial charge in [0.05, 0.1) is 0 Å². The zero-order valence-electron chi connectivity index (χ0n) is 18.3. The molecule has 0 aliphatic heterocycles. The van der Waals surface area contributed by atoms with E-state index in [1.54, 1.807) is 0 Å². The Morgan fingerprint density at radius 2 is 1.00 bits per heavy atom. The number of allylic oxidation sites excluding steroid dienone is 8. The first kappa shape index (κ1) is 28.7. The molecule has 0 bridgehead atoms. The monoisotopic (exact) mass is 446 g/mol. The van der Waals surface area contributed by atoms with Crippen LogP contribution in [0.5, 0.6) is 0 Å². The van der Waals surface area contributed by atoms with Gasteiger partial charge in [0.25, 0.3) is 0 Å². The molecule has 0 fully saturated rings. The van der Waals surface area contributed by atoms with E-state index in [2.05, 4.69) is 79.7 Å². The number of rotatable bonds is 0. The molecule has 0 saturated heterocycles. The molecule has 2 rings (SSSR count). The van der Waals surface area contributed by atoms with E-state index in [9.17, 15) is 0 Å². The predicted octanol–water partition coefficient (Wildman–Crippen LogP) is 8.39. The van der Waals surface area contributed by atoms with Crippen LogP contribution in [0.25, 0.3) is 0 Å². The second kappa shape index (κ2) is 11.5. The second-order valence-corrected chi connectivity index (χ2v) is 18.1. The van der Waals surface area contributed by atoms with Crippen molar-refractivity contribution in [2.24, 2.45) is 10.8 Å². The van der Waals surface area contributed by atoms with Crippen molar-refractivity contribution >= 4 is 28.9 Å².